The maximum absolute atomic E-state index is 14.2. The van der Waals surface area contributed by atoms with Gasteiger partial charge in [-0.3, -0.25) is 13.9 Å². The monoisotopic (exact) mass is 595 g/mol. The van der Waals surface area contributed by atoms with Crippen molar-refractivity contribution >= 4 is 27.5 Å². The number of carbonyl (C=O) groups excluding carboxylic acids is 2. The molecular formula is C31H37N3O7S. The van der Waals surface area contributed by atoms with Crippen LogP contribution >= 0.6 is 0 Å². The smallest absolute Gasteiger partial charge is 0.244 e. The summed E-state index contributed by atoms with van der Waals surface area (Å²) in [6.45, 7) is 5.13. The van der Waals surface area contributed by atoms with E-state index in [1.807, 2.05) is 57.2 Å². The van der Waals surface area contributed by atoms with Gasteiger partial charge in [-0.05, 0) is 56.2 Å². The molecule has 42 heavy (non-hydrogen) atoms. The fraction of sp³-hybridized carbons (Fsp3) is 0.355. The Morgan fingerprint density at radius 2 is 1.64 bits per heavy atom. The zero-order chi connectivity index (χ0) is 30.5. The molecule has 1 N–H and O–H groups in total. The van der Waals surface area contributed by atoms with Crippen LogP contribution in [0.15, 0.2) is 72.8 Å². The zero-order valence-corrected chi connectivity index (χ0v) is 25.3. The number of benzene rings is 3. The van der Waals surface area contributed by atoms with Gasteiger partial charge >= 0.3 is 0 Å². The van der Waals surface area contributed by atoms with Crippen molar-refractivity contribution < 1.29 is 32.2 Å². The molecule has 0 saturated carbocycles. The van der Waals surface area contributed by atoms with E-state index in [0.717, 1.165) is 21.7 Å². The van der Waals surface area contributed by atoms with E-state index in [-0.39, 0.29) is 31.4 Å². The summed E-state index contributed by atoms with van der Waals surface area (Å²) in [5, 5.41) is 3.01. The summed E-state index contributed by atoms with van der Waals surface area (Å²) in [7, 11) is -2.36. The number of nitrogens with one attached hydrogen (secondary N) is 1. The molecule has 1 atom stereocenters. The molecule has 10 nitrogen and oxygen atoms in total. The van der Waals surface area contributed by atoms with Crippen LogP contribution in [0.25, 0.3) is 0 Å². The molecule has 0 aromatic heterocycles. The Hall–Kier alpha value is -4.25. The molecule has 0 spiro atoms. The van der Waals surface area contributed by atoms with Crippen molar-refractivity contribution in [1.29, 1.82) is 0 Å². The van der Waals surface area contributed by atoms with Crippen molar-refractivity contribution in [3.63, 3.8) is 0 Å². The zero-order valence-electron chi connectivity index (χ0n) is 24.5. The van der Waals surface area contributed by atoms with Crippen molar-refractivity contribution in [3.8, 4) is 17.2 Å². The van der Waals surface area contributed by atoms with E-state index in [2.05, 4.69) is 5.32 Å². The largest absolute Gasteiger partial charge is 0.497 e. The minimum atomic E-state index is -3.91. The Morgan fingerprint density at radius 1 is 0.952 bits per heavy atom. The molecule has 11 heteroatoms. The molecule has 0 radical (unpaired) electrons. The van der Waals surface area contributed by atoms with E-state index >= 15 is 0 Å². The van der Waals surface area contributed by atoms with Gasteiger partial charge in [-0.15, -0.1) is 0 Å². The van der Waals surface area contributed by atoms with Crippen LogP contribution in [-0.4, -0.2) is 63.4 Å². The van der Waals surface area contributed by atoms with Crippen LogP contribution < -0.4 is 23.8 Å². The second kappa shape index (κ2) is 12.7. The standard InChI is InChI=1S/C31H37N3O7S/c1-31(2,3)32-30(36)26(17-22-10-7-6-8-11-22)33(19-23-12-9-13-25(16-23)39-4)29(35)20-34(42(5,37)38)24-14-15-27-28(18-24)41-21-40-27/h6-16,18,26H,17,19-21H2,1-5H3,(H,32,36)/t26-/m1/s1. The lowest BCUT2D eigenvalue weighted by molar-refractivity contribution is -0.140. The number of rotatable bonds is 11. The Bertz CT molecular complexity index is 1520. The highest BCUT2D eigenvalue weighted by molar-refractivity contribution is 7.92. The van der Waals surface area contributed by atoms with Gasteiger partial charge in [-0.25, -0.2) is 8.42 Å². The van der Waals surface area contributed by atoms with Gasteiger partial charge in [-0.1, -0.05) is 42.5 Å². The second-order valence-corrected chi connectivity index (χ2v) is 13.0. The maximum atomic E-state index is 14.2. The molecule has 0 saturated heterocycles. The van der Waals surface area contributed by atoms with E-state index in [4.69, 9.17) is 14.2 Å². The minimum Gasteiger partial charge on any atom is -0.497 e. The molecule has 0 aliphatic carbocycles. The van der Waals surface area contributed by atoms with Crippen molar-refractivity contribution in [1.82, 2.24) is 10.2 Å². The molecule has 2 amide bonds. The predicted octanol–water partition coefficient (Wildman–Crippen LogP) is 3.74. The van der Waals surface area contributed by atoms with Crippen LogP contribution in [0.4, 0.5) is 5.69 Å². The summed E-state index contributed by atoms with van der Waals surface area (Å²) in [5.41, 5.74) is 1.25. The summed E-state index contributed by atoms with van der Waals surface area (Å²) >= 11 is 0. The lowest BCUT2D eigenvalue weighted by Crippen LogP contribution is -2.56. The number of amides is 2. The lowest BCUT2D eigenvalue weighted by atomic mass is 10.0. The Kier molecular flexibility index (Phi) is 9.30. The number of ether oxygens (including phenoxy) is 3. The topological polar surface area (TPSA) is 114 Å². The van der Waals surface area contributed by atoms with Crippen LogP contribution in [0.5, 0.6) is 17.2 Å². The highest BCUT2D eigenvalue weighted by Crippen LogP contribution is 2.36. The van der Waals surface area contributed by atoms with Crippen molar-refractivity contribution in [2.24, 2.45) is 0 Å². The average molecular weight is 596 g/mol. The number of anilines is 1. The summed E-state index contributed by atoms with van der Waals surface area (Å²) in [4.78, 5) is 29.5. The molecule has 1 heterocycles. The number of sulfonamides is 1. The van der Waals surface area contributed by atoms with E-state index in [1.165, 1.54) is 11.0 Å². The Labute approximate surface area is 247 Å². The van der Waals surface area contributed by atoms with Crippen molar-refractivity contribution in [3.05, 3.63) is 83.9 Å². The third kappa shape index (κ3) is 7.94. The molecule has 0 bridgehead atoms. The first-order valence-corrected chi connectivity index (χ1v) is 15.3. The number of methoxy groups -OCH3 is 1. The molecule has 1 aliphatic rings. The van der Waals surface area contributed by atoms with Crippen molar-refractivity contribution in [2.45, 2.75) is 45.3 Å². The Balaban J connectivity index is 1.75. The fourth-order valence-electron chi connectivity index (χ4n) is 4.63. The normalized spacial score (nSPS) is 13.3. The third-order valence-corrected chi connectivity index (χ3v) is 7.72. The molecule has 4 rings (SSSR count). The highest BCUT2D eigenvalue weighted by Gasteiger charge is 2.34. The number of nitrogens with zero attached hydrogens (tertiary/aromatic N) is 2. The van der Waals surface area contributed by atoms with E-state index in [9.17, 15) is 18.0 Å². The van der Waals surface area contributed by atoms with Gasteiger partial charge in [0.2, 0.25) is 28.6 Å². The Morgan fingerprint density at radius 3 is 2.31 bits per heavy atom. The van der Waals surface area contributed by atoms with E-state index in [0.29, 0.717) is 17.2 Å². The fourth-order valence-corrected chi connectivity index (χ4v) is 5.47. The van der Waals surface area contributed by atoms with Crippen LogP contribution in [0, 0.1) is 0 Å². The quantitative estimate of drug-likeness (QED) is 0.359. The second-order valence-electron chi connectivity index (χ2n) is 11.1. The molecule has 0 fully saturated rings. The van der Waals surface area contributed by atoms with E-state index < -0.39 is 34.1 Å². The predicted molar refractivity (Wildman–Crippen MR) is 160 cm³/mol. The van der Waals surface area contributed by atoms with Gasteiger partial charge in [-0.2, -0.15) is 0 Å². The first kappa shape index (κ1) is 30.7. The number of hydrogen-bond donors (Lipinski definition) is 1. The van der Waals surface area contributed by atoms with Crippen LogP contribution in [0.1, 0.15) is 31.9 Å². The highest BCUT2D eigenvalue weighted by atomic mass is 32.2. The van der Waals surface area contributed by atoms with E-state index in [1.54, 1.807) is 37.4 Å². The van der Waals surface area contributed by atoms with Crippen LogP contribution in [-0.2, 0) is 32.6 Å². The van der Waals surface area contributed by atoms with Gasteiger partial charge in [0.15, 0.2) is 11.5 Å². The molecular weight excluding hydrogens is 558 g/mol. The van der Waals surface area contributed by atoms with Crippen LogP contribution in [0.2, 0.25) is 0 Å². The first-order valence-electron chi connectivity index (χ1n) is 13.5. The van der Waals surface area contributed by atoms with Gasteiger partial charge in [0.1, 0.15) is 18.3 Å². The molecule has 1 aliphatic heterocycles. The number of carbonyl (C=O) groups is 2. The first-order chi connectivity index (χ1) is 19.8. The van der Waals surface area contributed by atoms with Gasteiger partial charge in [0.25, 0.3) is 0 Å². The van der Waals surface area contributed by atoms with Gasteiger partial charge in [0, 0.05) is 24.6 Å². The summed E-state index contributed by atoms with van der Waals surface area (Å²) in [6.07, 6.45) is 1.26. The van der Waals surface area contributed by atoms with Gasteiger partial charge < -0.3 is 24.4 Å². The lowest BCUT2D eigenvalue weighted by Gasteiger charge is -2.35. The van der Waals surface area contributed by atoms with Gasteiger partial charge in [0.05, 0.1) is 19.1 Å². The average Bonchev–Trinajstić information content (AvgIpc) is 3.40. The van der Waals surface area contributed by atoms with Crippen molar-refractivity contribution in [2.75, 3.05) is 31.0 Å². The molecule has 0 unspecified atom stereocenters. The molecule has 224 valence electrons. The summed E-state index contributed by atoms with van der Waals surface area (Å²) in [5.74, 6) is 0.563. The molecule has 3 aromatic rings. The molecule has 3 aromatic carbocycles. The van der Waals surface area contributed by atoms with Crippen LogP contribution in [0.3, 0.4) is 0 Å². The SMILES string of the molecule is COc1cccc(CN(C(=O)CN(c2ccc3c(c2)OCO3)S(C)(=O)=O)[C@H](Cc2ccccc2)C(=O)NC(C)(C)C)c1. The number of fused-ring (bicyclic) bond motifs is 1. The number of hydrogen-bond acceptors (Lipinski definition) is 7. The third-order valence-electron chi connectivity index (χ3n) is 6.58. The summed E-state index contributed by atoms with van der Waals surface area (Å²) < 4.78 is 43.2. The summed E-state index contributed by atoms with van der Waals surface area (Å²) in [6, 6.07) is 20.3. The maximum Gasteiger partial charge on any atom is 0.244 e. The minimum absolute atomic E-state index is 0.0228.